The lowest BCUT2D eigenvalue weighted by Gasteiger charge is -2.08. The van der Waals surface area contributed by atoms with Crippen molar-refractivity contribution < 1.29 is 10.1 Å². The van der Waals surface area contributed by atoms with Gasteiger partial charge < -0.3 is 10.1 Å². The first-order valence-corrected chi connectivity index (χ1v) is 7.39. The Kier molecular flexibility index (Phi) is 8.23. The van der Waals surface area contributed by atoms with Gasteiger partial charge in [-0.3, -0.25) is 0 Å². The van der Waals surface area contributed by atoms with Crippen LogP contribution < -0.4 is 10.1 Å². The van der Waals surface area contributed by atoms with E-state index in [-0.39, 0.29) is 0 Å². The van der Waals surface area contributed by atoms with Crippen LogP contribution >= 0.6 is 23.2 Å². The molecule has 0 saturated carbocycles. The zero-order valence-corrected chi connectivity index (χ0v) is 12.4. The van der Waals surface area contributed by atoms with Gasteiger partial charge in [0.15, 0.2) is 0 Å². The Morgan fingerprint density at radius 3 is 2.67 bits per heavy atom. The van der Waals surface area contributed by atoms with Crippen molar-refractivity contribution in [1.82, 2.24) is 0 Å². The van der Waals surface area contributed by atoms with Crippen LogP contribution in [-0.4, -0.2) is 19.7 Å². The maximum absolute atomic E-state index is 6.00. The lowest BCUT2D eigenvalue weighted by atomic mass is 10.3. The van der Waals surface area contributed by atoms with Crippen LogP contribution in [0.2, 0.25) is 10.0 Å². The number of ether oxygens (including phenoxy) is 1. The molecular weight excluding hydrogens is 269 g/mol. The predicted octanol–water partition coefficient (Wildman–Crippen LogP) is 3.52. The summed E-state index contributed by atoms with van der Waals surface area (Å²) in [5.41, 5.74) is 0. The standard InChI is InChI=1S/C14H21Cl2NO/c1-2-3-8-17-9-4-5-10-18-14-11-12(15)6-7-13(14)16/h6-7,11,17H,2-5,8-10H2,1H3/p+1. The average Bonchev–Trinajstić information content (AvgIpc) is 2.36. The van der Waals surface area contributed by atoms with Crippen molar-refractivity contribution in [2.45, 2.75) is 32.6 Å². The number of halogens is 2. The van der Waals surface area contributed by atoms with Gasteiger partial charge in [-0.2, -0.15) is 0 Å². The van der Waals surface area contributed by atoms with Crippen molar-refractivity contribution in [3.05, 3.63) is 28.2 Å². The van der Waals surface area contributed by atoms with E-state index in [2.05, 4.69) is 12.2 Å². The lowest BCUT2D eigenvalue weighted by molar-refractivity contribution is -0.655. The molecule has 0 aromatic heterocycles. The molecule has 0 amide bonds. The normalized spacial score (nSPS) is 10.6. The first kappa shape index (κ1) is 15.6. The van der Waals surface area contributed by atoms with E-state index < -0.39 is 0 Å². The summed E-state index contributed by atoms with van der Waals surface area (Å²) in [4.78, 5) is 0. The van der Waals surface area contributed by atoms with Gasteiger partial charge in [-0.25, -0.2) is 0 Å². The molecule has 0 aliphatic carbocycles. The molecular formula is C14H22Cl2NO+. The molecule has 0 saturated heterocycles. The van der Waals surface area contributed by atoms with Crippen molar-refractivity contribution in [2.75, 3.05) is 19.7 Å². The van der Waals surface area contributed by atoms with Crippen molar-refractivity contribution in [1.29, 1.82) is 0 Å². The minimum atomic E-state index is 0.619. The first-order chi connectivity index (χ1) is 8.74. The Bertz CT molecular complexity index is 345. The second-order valence-electron chi connectivity index (χ2n) is 4.35. The molecule has 0 bridgehead atoms. The number of hydrogen-bond donors (Lipinski definition) is 1. The summed E-state index contributed by atoms with van der Waals surface area (Å²) in [6.45, 7) is 5.32. The van der Waals surface area contributed by atoms with Gasteiger partial charge in [-0.1, -0.05) is 36.5 Å². The third-order valence-corrected chi connectivity index (χ3v) is 3.26. The smallest absolute Gasteiger partial charge is 0.139 e. The molecule has 1 aromatic carbocycles. The molecule has 0 spiro atoms. The van der Waals surface area contributed by atoms with E-state index >= 15 is 0 Å². The summed E-state index contributed by atoms with van der Waals surface area (Å²) in [5.74, 6) is 0.680. The summed E-state index contributed by atoms with van der Waals surface area (Å²) in [6, 6.07) is 5.29. The van der Waals surface area contributed by atoms with Crippen LogP contribution in [0.15, 0.2) is 18.2 Å². The minimum absolute atomic E-state index is 0.619. The summed E-state index contributed by atoms with van der Waals surface area (Å²) in [6.07, 6.45) is 4.79. The topological polar surface area (TPSA) is 25.8 Å². The molecule has 0 atom stereocenters. The van der Waals surface area contributed by atoms with Crippen molar-refractivity contribution >= 4 is 23.2 Å². The second-order valence-corrected chi connectivity index (χ2v) is 5.19. The Balaban J connectivity index is 2.09. The van der Waals surface area contributed by atoms with Gasteiger partial charge in [0.05, 0.1) is 24.7 Å². The molecule has 0 heterocycles. The largest absolute Gasteiger partial charge is 0.492 e. The minimum Gasteiger partial charge on any atom is -0.492 e. The molecule has 1 aromatic rings. The monoisotopic (exact) mass is 290 g/mol. The van der Waals surface area contributed by atoms with Crippen LogP contribution in [0.3, 0.4) is 0 Å². The van der Waals surface area contributed by atoms with E-state index in [1.807, 2.05) is 0 Å². The third-order valence-electron chi connectivity index (χ3n) is 2.72. The SMILES string of the molecule is CCCC[NH2+]CCCCOc1cc(Cl)ccc1Cl. The fourth-order valence-electron chi connectivity index (χ4n) is 1.65. The van der Waals surface area contributed by atoms with E-state index in [9.17, 15) is 0 Å². The van der Waals surface area contributed by atoms with Gasteiger partial charge in [0.25, 0.3) is 0 Å². The Morgan fingerprint density at radius 2 is 1.89 bits per heavy atom. The summed E-state index contributed by atoms with van der Waals surface area (Å²) in [5, 5.41) is 3.65. The summed E-state index contributed by atoms with van der Waals surface area (Å²) in [7, 11) is 0. The van der Waals surface area contributed by atoms with Crippen LogP contribution in [0.4, 0.5) is 0 Å². The van der Waals surface area contributed by atoms with Gasteiger partial charge in [-0.05, 0) is 31.4 Å². The molecule has 0 fully saturated rings. The number of unbranched alkanes of at least 4 members (excludes halogenated alkanes) is 2. The highest BCUT2D eigenvalue weighted by Crippen LogP contribution is 2.27. The highest BCUT2D eigenvalue weighted by molar-refractivity contribution is 6.34. The molecule has 4 heteroatoms. The molecule has 2 nitrogen and oxygen atoms in total. The molecule has 102 valence electrons. The van der Waals surface area contributed by atoms with Crippen LogP contribution in [0.25, 0.3) is 0 Å². The Labute approximate surface area is 120 Å². The first-order valence-electron chi connectivity index (χ1n) is 6.63. The molecule has 1 rings (SSSR count). The number of hydrogen-bond acceptors (Lipinski definition) is 1. The third kappa shape index (κ3) is 6.48. The zero-order chi connectivity index (χ0) is 13.2. The highest BCUT2D eigenvalue weighted by Gasteiger charge is 2.02. The van der Waals surface area contributed by atoms with Gasteiger partial charge in [-0.15, -0.1) is 0 Å². The second kappa shape index (κ2) is 9.48. The maximum Gasteiger partial charge on any atom is 0.139 e. The van der Waals surface area contributed by atoms with Crippen molar-refractivity contribution in [3.63, 3.8) is 0 Å². The molecule has 0 aliphatic rings. The van der Waals surface area contributed by atoms with E-state index in [0.717, 1.165) is 6.42 Å². The van der Waals surface area contributed by atoms with Crippen LogP contribution in [0.5, 0.6) is 5.75 Å². The van der Waals surface area contributed by atoms with Crippen LogP contribution in [-0.2, 0) is 0 Å². The lowest BCUT2D eigenvalue weighted by Crippen LogP contribution is -2.84. The van der Waals surface area contributed by atoms with Crippen molar-refractivity contribution in [2.24, 2.45) is 0 Å². The van der Waals surface area contributed by atoms with E-state index in [4.69, 9.17) is 27.9 Å². The maximum atomic E-state index is 6.00. The number of quaternary nitrogens is 1. The zero-order valence-electron chi connectivity index (χ0n) is 10.9. The molecule has 0 radical (unpaired) electrons. The van der Waals surface area contributed by atoms with E-state index in [1.165, 1.54) is 32.4 Å². The van der Waals surface area contributed by atoms with Crippen LogP contribution in [0, 0.1) is 0 Å². The number of benzene rings is 1. The highest BCUT2D eigenvalue weighted by atomic mass is 35.5. The Morgan fingerprint density at radius 1 is 1.11 bits per heavy atom. The number of nitrogens with two attached hydrogens (primary N) is 1. The van der Waals surface area contributed by atoms with Crippen LogP contribution in [0.1, 0.15) is 32.6 Å². The van der Waals surface area contributed by atoms with Gasteiger partial charge >= 0.3 is 0 Å². The average molecular weight is 291 g/mol. The van der Waals surface area contributed by atoms with E-state index in [0.29, 0.717) is 22.4 Å². The van der Waals surface area contributed by atoms with Gasteiger partial charge in [0.1, 0.15) is 5.75 Å². The van der Waals surface area contributed by atoms with Crippen molar-refractivity contribution in [3.8, 4) is 5.75 Å². The molecule has 18 heavy (non-hydrogen) atoms. The fraction of sp³-hybridized carbons (Fsp3) is 0.571. The predicted molar refractivity (Wildman–Crippen MR) is 77.8 cm³/mol. The molecule has 0 unspecified atom stereocenters. The Hall–Kier alpha value is -0.440. The number of rotatable bonds is 9. The summed E-state index contributed by atoms with van der Waals surface area (Å²) < 4.78 is 5.62. The molecule has 0 aliphatic heterocycles. The molecule has 2 N–H and O–H groups in total. The van der Waals surface area contributed by atoms with Gasteiger partial charge in [0.2, 0.25) is 0 Å². The van der Waals surface area contributed by atoms with E-state index in [1.54, 1.807) is 18.2 Å². The quantitative estimate of drug-likeness (QED) is 0.692. The summed E-state index contributed by atoms with van der Waals surface area (Å²) >= 11 is 11.9. The fourth-order valence-corrected chi connectivity index (χ4v) is 1.99. The van der Waals surface area contributed by atoms with Gasteiger partial charge in [0, 0.05) is 11.1 Å².